The van der Waals surface area contributed by atoms with Crippen LogP contribution >= 0.6 is 11.3 Å². The number of carbonyl (C=O) groups is 1. The first-order valence-electron chi connectivity index (χ1n) is 10.5. The van der Waals surface area contributed by atoms with E-state index in [-0.39, 0.29) is 12.7 Å². The maximum atomic E-state index is 13.3. The molecule has 1 aliphatic rings. The van der Waals surface area contributed by atoms with E-state index in [0.29, 0.717) is 29.8 Å². The van der Waals surface area contributed by atoms with E-state index in [1.165, 1.54) is 17.4 Å². The van der Waals surface area contributed by atoms with Crippen molar-refractivity contribution in [3.63, 3.8) is 0 Å². The molecule has 4 aromatic rings. The number of pyridine rings is 1. The average Bonchev–Trinajstić information content (AvgIpc) is 3.48. The molecule has 7 nitrogen and oxygen atoms in total. The summed E-state index contributed by atoms with van der Waals surface area (Å²) in [4.78, 5) is 24.0. The van der Waals surface area contributed by atoms with Crippen LogP contribution in [-0.2, 0) is 11.3 Å². The van der Waals surface area contributed by atoms with Crippen LogP contribution in [-0.4, -0.2) is 29.3 Å². The van der Waals surface area contributed by atoms with E-state index in [9.17, 15) is 4.79 Å². The lowest BCUT2D eigenvalue weighted by Crippen LogP contribution is -2.29. The summed E-state index contributed by atoms with van der Waals surface area (Å²) in [6.45, 7) is 3.05. The van der Waals surface area contributed by atoms with Gasteiger partial charge in [-0.3, -0.25) is 14.7 Å². The number of rotatable bonds is 7. The number of hydrogen-bond donors (Lipinski definition) is 0. The van der Waals surface area contributed by atoms with Crippen LogP contribution in [0, 0.1) is 0 Å². The highest BCUT2D eigenvalue weighted by atomic mass is 32.1. The Kier molecular flexibility index (Phi) is 5.91. The van der Waals surface area contributed by atoms with E-state index in [4.69, 9.17) is 19.2 Å². The van der Waals surface area contributed by atoms with Crippen molar-refractivity contribution >= 4 is 38.7 Å². The van der Waals surface area contributed by atoms with E-state index >= 15 is 0 Å². The molecule has 0 spiro atoms. The molecule has 2 aromatic heterocycles. The molecule has 0 unspecified atom stereocenters. The van der Waals surface area contributed by atoms with Gasteiger partial charge in [0.15, 0.2) is 16.6 Å². The van der Waals surface area contributed by atoms with Crippen LogP contribution in [0.3, 0.4) is 0 Å². The number of ether oxygens (including phenoxy) is 3. The molecular formula is C25H21N3O4S. The lowest BCUT2D eigenvalue weighted by atomic mass is 10.2. The lowest BCUT2D eigenvalue weighted by molar-refractivity contribution is -0.114. The second-order valence-corrected chi connectivity index (χ2v) is 8.26. The van der Waals surface area contributed by atoms with Gasteiger partial charge in [0.25, 0.3) is 5.91 Å². The molecule has 3 heterocycles. The molecule has 2 aromatic carbocycles. The first-order chi connectivity index (χ1) is 16.2. The summed E-state index contributed by atoms with van der Waals surface area (Å²) < 4.78 is 17.3. The zero-order valence-electron chi connectivity index (χ0n) is 17.9. The lowest BCUT2D eigenvalue weighted by Gasteiger charge is -2.17. The summed E-state index contributed by atoms with van der Waals surface area (Å²) in [7, 11) is 0. The molecule has 0 N–H and O–H groups in total. The summed E-state index contributed by atoms with van der Waals surface area (Å²) in [5.41, 5.74) is 2.43. The standard InChI is InChI=1S/C25H21N3O4S/c1-2-30-19-8-9-20-23(14-19)33-25(27-20)28(15-18-5-3-4-12-26-18)24(29)11-7-17-6-10-21-22(13-17)32-16-31-21/h3-14H,2,15-16H2,1H3/b11-7+. The van der Waals surface area contributed by atoms with Crippen molar-refractivity contribution in [2.75, 3.05) is 18.3 Å². The van der Waals surface area contributed by atoms with Crippen molar-refractivity contribution in [3.05, 3.63) is 78.1 Å². The number of amides is 1. The van der Waals surface area contributed by atoms with Gasteiger partial charge in [-0.25, -0.2) is 4.98 Å². The quantitative estimate of drug-likeness (QED) is 0.360. The molecule has 0 bridgehead atoms. The molecule has 8 heteroatoms. The van der Waals surface area contributed by atoms with E-state index in [1.807, 2.05) is 61.5 Å². The molecule has 0 radical (unpaired) electrons. The van der Waals surface area contributed by atoms with Crippen molar-refractivity contribution < 1.29 is 19.0 Å². The highest BCUT2D eigenvalue weighted by Crippen LogP contribution is 2.34. The van der Waals surface area contributed by atoms with Crippen molar-refractivity contribution in [1.82, 2.24) is 9.97 Å². The Morgan fingerprint density at radius 2 is 2.06 bits per heavy atom. The predicted octanol–water partition coefficient (Wildman–Crippen LogP) is 5.07. The Bertz CT molecular complexity index is 1320. The molecule has 5 rings (SSSR count). The molecule has 0 fully saturated rings. The monoisotopic (exact) mass is 459 g/mol. The maximum absolute atomic E-state index is 13.3. The Hall–Kier alpha value is -3.91. The molecule has 33 heavy (non-hydrogen) atoms. The molecule has 1 amide bonds. The largest absolute Gasteiger partial charge is 0.494 e. The minimum Gasteiger partial charge on any atom is -0.494 e. The second-order valence-electron chi connectivity index (χ2n) is 7.25. The average molecular weight is 460 g/mol. The molecule has 0 atom stereocenters. The van der Waals surface area contributed by atoms with E-state index in [1.54, 1.807) is 17.2 Å². The van der Waals surface area contributed by atoms with Crippen molar-refractivity contribution in [3.8, 4) is 17.2 Å². The number of carbonyl (C=O) groups excluding carboxylic acids is 1. The van der Waals surface area contributed by atoms with Gasteiger partial charge >= 0.3 is 0 Å². The van der Waals surface area contributed by atoms with Gasteiger partial charge in [-0.2, -0.15) is 0 Å². The van der Waals surface area contributed by atoms with Gasteiger partial charge in [0.05, 0.1) is 29.1 Å². The van der Waals surface area contributed by atoms with Gasteiger partial charge in [0.2, 0.25) is 6.79 Å². The van der Waals surface area contributed by atoms with E-state index in [0.717, 1.165) is 27.2 Å². The summed E-state index contributed by atoms with van der Waals surface area (Å²) in [5.74, 6) is 1.97. The predicted molar refractivity (Wildman–Crippen MR) is 128 cm³/mol. The van der Waals surface area contributed by atoms with E-state index in [2.05, 4.69) is 4.98 Å². The smallest absolute Gasteiger partial charge is 0.253 e. The number of thiazole rings is 1. The van der Waals surface area contributed by atoms with Crippen molar-refractivity contribution in [1.29, 1.82) is 0 Å². The third-order valence-electron chi connectivity index (χ3n) is 5.02. The SMILES string of the molecule is CCOc1ccc2nc(N(Cc3ccccn3)C(=O)/C=C/c3ccc4c(c3)OCO4)sc2c1. The fourth-order valence-electron chi connectivity index (χ4n) is 3.43. The van der Waals surface area contributed by atoms with Gasteiger partial charge in [0.1, 0.15) is 5.75 Å². The molecule has 1 aliphatic heterocycles. The topological polar surface area (TPSA) is 73.8 Å². The van der Waals surface area contributed by atoms with Crippen LogP contribution in [0.4, 0.5) is 5.13 Å². The van der Waals surface area contributed by atoms with Crippen molar-refractivity contribution in [2.45, 2.75) is 13.5 Å². The molecule has 166 valence electrons. The van der Waals surface area contributed by atoms with E-state index < -0.39 is 0 Å². The van der Waals surface area contributed by atoms with Gasteiger partial charge < -0.3 is 14.2 Å². The highest BCUT2D eigenvalue weighted by molar-refractivity contribution is 7.22. The summed E-state index contributed by atoms with van der Waals surface area (Å²) in [6, 6.07) is 17.0. The zero-order chi connectivity index (χ0) is 22.6. The van der Waals surface area contributed by atoms with Crippen LogP contribution in [0.1, 0.15) is 18.2 Å². The van der Waals surface area contributed by atoms with Gasteiger partial charge in [-0.05, 0) is 61.0 Å². The number of hydrogen-bond acceptors (Lipinski definition) is 7. The Morgan fingerprint density at radius 1 is 1.15 bits per heavy atom. The van der Waals surface area contributed by atoms with Gasteiger partial charge in [-0.15, -0.1) is 0 Å². The number of nitrogens with zero attached hydrogens (tertiary/aromatic N) is 3. The van der Waals surface area contributed by atoms with Crippen LogP contribution < -0.4 is 19.1 Å². The Balaban J connectivity index is 1.45. The first-order valence-corrected chi connectivity index (χ1v) is 11.3. The summed E-state index contributed by atoms with van der Waals surface area (Å²) >= 11 is 1.45. The normalized spacial score (nSPS) is 12.4. The number of fused-ring (bicyclic) bond motifs is 2. The highest BCUT2D eigenvalue weighted by Gasteiger charge is 2.20. The van der Waals surface area contributed by atoms with Crippen LogP contribution in [0.15, 0.2) is 66.9 Å². The fraction of sp³-hybridized carbons (Fsp3) is 0.160. The molecule has 0 aliphatic carbocycles. The third kappa shape index (κ3) is 4.65. The first kappa shape index (κ1) is 21.0. The Labute approximate surface area is 194 Å². The van der Waals surface area contributed by atoms with Gasteiger partial charge in [-0.1, -0.05) is 23.5 Å². The molecule has 0 saturated carbocycles. The molecular weight excluding hydrogens is 438 g/mol. The second kappa shape index (κ2) is 9.30. The minimum atomic E-state index is -0.192. The fourth-order valence-corrected chi connectivity index (χ4v) is 4.43. The van der Waals surface area contributed by atoms with Crippen LogP contribution in [0.25, 0.3) is 16.3 Å². The number of anilines is 1. The maximum Gasteiger partial charge on any atom is 0.253 e. The van der Waals surface area contributed by atoms with Crippen LogP contribution in [0.5, 0.6) is 17.2 Å². The minimum absolute atomic E-state index is 0.192. The Morgan fingerprint density at radius 3 is 2.91 bits per heavy atom. The number of benzene rings is 2. The summed E-state index contributed by atoms with van der Waals surface area (Å²) in [6.07, 6.45) is 5.02. The molecule has 0 saturated heterocycles. The summed E-state index contributed by atoms with van der Waals surface area (Å²) in [5, 5.41) is 0.602. The zero-order valence-corrected chi connectivity index (χ0v) is 18.7. The van der Waals surface area contributed by atoms with Gasteiger partial charge in [0, 0.05) is 12.3 Å². The number of aromatic nitrogens is 2. The van der Waals surface area contributed by atoms with Crippen molar-refractivity contribution in [2.24, 2.45) is 0 Å². The third-order valence-corrected chi connectivity index (χ3v) is 6.06. The van der Waals surface area contributed by atoms with Crippen LogP contribution in [0.2, 0.25) is 0 Å².